The highest BCUT2D eigenvalue weighted by atomic mass is 19.1. The minimum atomic E-state index is -0.755. The third kappa shape index (κ3) is 4.66. The predicted molar refractivity (Wildman–Crippen MR) is 133 cm³/mol. The SMILES string of the molecule is CCn1nc(C#Cc2cc(NC(=O)N3OCC[C@@H]3c3cc(F)ccc3F)ccc2C)c2c(N)ncnc21. The van der Waals surface area contributed by atoms with Crippen molar-refractivity contribution in [1.29, 1.82) is 0 Å². The lowest BCUT2D eigenvalue weighted by Gasteiger charge is -2.23. The van der Waals surface area contributed by atoms with Crippen LogP contribution in [0, 0.1) is 30.4 Å². The number of aryl methyl sites for hydroxylation is 2. The summed E-state index contributed by atoms with van der Waals surface area (Å²) in [6, 6.07) is 7.04. The molecule has 3 N–H and O–H groups in total. The number of carbonyl (C=O) groups is 1. The Morgan fingerprint density at radius 3 is 2.86 bits per heavy atom. The first-order valence-corrected chi connectivity index (χ1v) is 11.6. The van der Waals surface area contributed by atoms with Crippen LogP contribution in [0.3, 0.4) is 0 Å². The maximum Gasteiger partial charge on any atom is 0.346 e. The number of urea groups is 1. The van der Waals surface area contributed by atoms with E-state index in [1.807, 2.05) is 19.9 Å². The van der Waals surface area contributed by atoms with Gasteiger partial charge in [-0.1, -0.05) is 12.0 Å². The molecule has 1 aliphatic heterocycles. The van der Waals surface area contributed by atoms with Crippen molar-refractivity contribution >= 4 is 28.6 Å². The molecule has 1 atom stereocenters. The fraction of sp³-hybridized carbons (Fsp3) is 0.231. The number of anilines is 2. The van der Waals surface area contributed by atoms with Crippen molar-refractivity contribution in [2.24, 2.45) is 0 Å². The van der Waals surface area contributed by atoms with E-state index in [4.69, 9.17) is 10.6 Å². The van der Waals surface area contributed by atoms with Crippen LogP contribution in [0.1, 0.15) is 41.8 Å². The maximum atomic E-state index is 14.3. The van der Waals surface area contributed by atoms with Crippen LogP contribution in [-0.2, 0) is 11.4 Å². The summed E-state index contributed by atoms with van der Waals surface area (Å²) in [6.45, 7) is 4.62. The van der Waals surface area contributed by atoms with Crippen LogP contribution in [0.5, 0.6) is 0 Å². The van der Waals surface area contributed by atoms with Gasteiger partial charge in [0, 0.05) is 29.8 Å². The van der Waals surface area contributed by atoms with E-state index in [0.717, 1.165) is 28.8 Å². The van der Waals surface area contributed by atoms with Crippen LogP contribution in [0.4, 0.5) is 25.1 Å². The summed E-state index contributed by atoms with van der Waals surface area (Å²) in [5.74, 6) is 5.24. The van der Waals surface area contributed by atoms with Crippen LogP contribution in [0.2, 0.25) is 0 Å². The van der Waals surface area contributed by atoms with Crippen LogP contribution in [0.15, 0.2) is 42.7 Å². The minimum absolute atomic E-state index is 0.0603. The van der Waals surface area contributed by atoms with Gasteiger partial charge in [0.05, 0.1) is 18.0 Å². The number of hydroxylamine groups is 2. The summed E-state index contributed by atoms with van der Waals surface area (Å²) in [7, 11) is 0. The van der Waals surface area contributed by atoms with Gasteiger partial charge in [-0.2, -0.15) is 10.2 Å². The molecule has 0 spiro atoms. The number of halogens is 2. The monoisotopic (exact) mass is 503 g/mol. The Balaban J connectivity index is 1.40. The molecule has 4 aromatic rings. The molecule has 3 heterocycles. The second-order valence-electron chi connectivity index (χ2n) is 8.46. The molecule has 2 amide bonds. The van der Waals surface area contributed by atoms with Crippen molar-refractivity contribution in [3.8, 4) is 11.8 Å². The Hall–Kier alpha value is -4.56. The second kappa shape index (κ2) is 9.83. The van der Waals surface area contributed by atoms with Gasteiger partial charge < -0.3 is 11.1 Å². The molecule has 0 bridgehead atoms. The molecule has 0 unspecified atom stereocenters. The van der Waals surface area contributed by atoms with Crippen molar-refractivity contribution in [2.45, 2.75) is 32.9 Å². The van der Waals surface area contributed by atoms with E-state index >= 15 is 0 Å². The molecule has 11 heteroatoms. The first-order valence-electron chi connectivity index (χ1n) is 11.6. The standard InChI is InChI=1S/C26H23F2N7O2/c1-3-34-25-23(24(29)30-14-31-25)21(33-34)9-5-16-12-18(7-4-15(16)2)32-26(36)35-22(10-11-37-35)19-13-17(27)6-8-20(19)28/h4,6-8,12-14,22H,3,10-11H2,1-2H3,(H,32,36)(H2,29,30,31)/t22-/m1/s1. The highest BCUT2D eigenvalue weighted by molar-refractivity contribution is 5.91. The molecule has 0 radical (unpaired) electrons. The number of aromatic nitrogens is 4. The topological polar surface area (TPSA) is 111 Å². The molecule has 0 aliphatic carbocycles. The predicted octanol–water partition coefficient (Wildman–Crippen LogP) is 4.33. The second-order valence-corrected chi connectivity index (χ2v) is 8.46. The fourth-order valence-electron chi connectivity index (χ4n) is 4.20. The Bertz CT molecular complexity index is 1570. The van der Waals surface area contributed by atoms with E-state index in [1.165, 1.54) is 6.33 Å². The number of benzene rings is 2. The zero-order valence-corrected chi connectivity index (χ0v) is 20.1. The molecule has 188 valence electrons. The van der Waals surface area contributed by atoms with Gasteiger partial charge in [0.15, 0.2) is 5.65 Å². The quantitative estimate of drug-likeness (QED) is 0.403. The maximum absolute atomic E-state index is 14.3. The Kier molecular flexibility index (Phi) is 6.42. The summed E-state index contributed by atoms with van der Waals surface area (Å²) in [6.07, 6.45) is 1.72. The van der Waals surface area contributed by atoms with E-state index in [0.29, 0.717) is 46.8 Å². The molecule has 5 rings (SSSR count). The third-order valence-electron chi connectivity index (χ3n) is 6.08. The molecule has 1 fully saturated rings. The van der Waals surface area contributed by atoms with E-state index in [-0.39, 0.29) is 12.2 Å². The van der Waals surface area contributed by atoms with Crippen LogP contribution < -0.4 is 11.1 Å². The number of nitrogen functional groups attached to an aromatic ring is 1. The van der Waals surface area contributed by atoms with Gasteiger partial charge in [0.1, 0.15) is 29.5 Å². The third-order valence-corrected chi connectivity index (χ3v) is 6.08. The number of hydrogen-bond donors (Lipinski definition) is 2. The van der Waals surface area contributed by atoms with Gasteiger partial charge in [-0.05, 0) is 55.7 Å². The minimum Gasteiger partial charge on any atom is -0.383 e. The van der Waals surface area contributed by atoms with Crippen LogP contribution in [-0.4, -0.2) is 37.4 Å². The molecular weight excluding hydrogens is 480 g/mol. The summed E-state index contributed by atoms with van der Waals surface area (Å²) in [5.41, 5.74) is 9.16. The lowest BCUT2D eigenvalue weighted by Crippen LogP contribution is -2.34. The molecule has 9 nitrogen and oxygen atoms in total. The number of nitrogens with zero attached hydrogens (tertiary/aromatic N) is 5. The summed E-state index contributed by atoms with van der Waals surface area (Å²) >= 11 is 0. The van der Waals surface area contributed by atoms with Gasteiger partial charge in [-0.3, -0.25) is 4.84 Å². The van der Waals surface area contributed by atoms with E-state index in [1.54, 1.807) is 16.8 Å². The van der Waals surface area contributed by atoms with E-state index < -0.39 is 23.7 Å². The summed E-state index contributed by atoms with van der Waals surface area (Å²) in [4.78, 5) is 26.7. The van der Waals surface area contributed by atoms with E-state index in [2.05, 4.69) is 32.2 Å². The number of nitrogens with one attached hydrogen (secondary N) is 1. The smallest absolute Gasteiger partial charge is 0.346 e. The lowest BCUT2D eigenvalue weighted by atomic mass is 10.0. The zero-order chi connectivity index (χ0) is 26.1. The van der Waals surface area contributed by atoms with Gasteiger partial charge in [-0.25, -0.2) is 28.2 Å². The molecular formula is C26H23F2N7O2. The molecule has 37 heavy (non-hydrogen) atoms. The first kappa shape index (κ1) is 24.1. The first-order chi connectivity index (χ1) is 17.9. The molecule has 1 saturated heterocycles. The van der Waals surface area contributed by atoms with Gasteiger partial charge in [-0.15, -0.1) is 0 Å². The fourth-order valence-corrected chi connectivity index (χ4v) is 4.20. The van der Waals surface area contributed by atoms with Crippen molar-refractivity contribution < 1.29 is 18.4 Å². The van der Waals surface area contributed by atoms with Crippen molar-refractivity contribution in [2.75, 3.05) is 17.7 Å². The van der Waals surface area contributed by atoms with Gasteiger partial charge in [0.2, 0.25) is 0 Å². The molecule has 1 aliphatic rings. The summed E-state index contributed by atoms with van der Waals surface area (Å²) < 4.78 is 29.8. The number of amides is 2. The Labute approximate surface area is 211 Å². The van der Waals surface area contributed by atoms with Crippen LogP contribution >= 0.6 is 0 Å². The lowest BCUT2D eigenvalue weighted by molar-refractivity contribution is -0.0835. The number of hydrogen-bond acceptors (Lipinski definition) is 6. The van der Waals surface area contributed by atoms with Crippen molar-refractivity contribution in [3.63, 3.8) is 0 Å². The molecule has 2 aromatic heterocycles. The average molecular weight is 504 g/mol. The Morgan fingerprint density at radius 2 is 2.05 bits per heavy atom. The number of nitrogens with two attached hydrogens (primary N) is 1. The highest BCUT2D eigenvalue weighted by Crippen LogP contribution is 2.33. The Morgan fingerprint density at radius 1 is 1.22 bits per heavy atom. The zero-order valence-electron chi connectivity index (χ0n) is 20.1. The number of fused-ring (bicyclic) bond motifs is 1. The number of rotatable bonds is 3. The van der Waals surface area contributed by atoms with Crippen molar-refractivity contribution in [3.05, 3.63) is 76.7 Å². The van der Waals surface area contributed by atoms with Crippen molar-refractivity contribution in [1.82, 2.24) is 24.8 Å². The highest BCUT2D eigenvalue weighted by Gasteiger charge is 2.34. The van der Waals surface area contributed by atoms with Crippen LogP contribution in [0.25, 0.3) is 11.0 Å². The average Bonchev–Trinajstić information content (AvgIpc) is 3.51. The van der Waals surface area contributed by atoms with Gasteiger partial charge >= 0.3 is 6.03 Å². The molecule has 0 saturated carbocycles. The van der Waals surface area contributed by atoms with Gasteiger partial charge in [0.25, 0.3) is 0 Å². The number of carbonyl (C=O) groups excluding carboxylic acids is 1. The largest absolute Gasteiger partial charge is 0.383 e. The summed E-state index contributed by atoms with van der Waals surface area (Å²) in [5, 5.41) is 8.87. The normalized spacial score (nSPS) is 15.0. The molecule has 2 aromatic carbocycles. The van der Waals surface area contributed by atoms with E-state index in [9.17, 15) is 13.6 Å².